The van der Waals surface area contributed by atoms with Gasteiger partial charge in [-0.3, -0.25) is 9.59 Å². The highest BCUT2D eigenvalue weighted by atomic mass is 16.5. The zero-order chi connectivity index (χ0) is 21.7. The highest BCUT2D eigenvalue weighted by molar-refractivity contribution is 6.46. The molecule has 3 rings (SSSR count). The number of rotatable bonds is 8. The molecular formula is C23H25NO6. The minimum absolute atomic E-state index is 0.0259. The summed E-state index contributed by atoms with van der Waals surface area (Å²) in [5.74, 6) is -0.514. The number of Topliss-reactive ketones (excluding diaryl/α,β-unsaturated/α-hetero) is 1. The summed E-state index contributed by atoms with van der Waals surface area (Å²) in [7, 11) is 3.07. The van der Waals surface area contributed by atoms with Gasteiger partial charge in [0, 0.05) is 19.2 Å². The number of benzene rings is 2. The zero-order valence-corrected chi connectivity index (χ0v) is 17.3. The molecule has 1 amide bonds. The maximum absolute atomic E-state index is 12.9. The van der Waals surface area contributed by atoms with Gasteiger partial charge in [-0.15, -0.1) is 0 Å². The van der Waals surface area contributed by atoms with Gasteiger partial charge in [0.1, 0.15) is 17.3 Å². The molecule has 0 saturated carbocycles. The van der Waals surface area contributed by atoms with E-state index in [2.05, 4.69) is 0 Å². The van der Waals surface area contributed by atoms with E-state index in [1.54, 1.807) is 55.6 Å². The third-order valence-electron chi connectivity index (χ3n) is 4.90. The van der Waals surface area contributed by atoms with Gasteiger partial charge in [0.25, 0.3) is 11.7 Å². The van der Waals surface area contributed by atoms with Crippen LogP contribution in [0.3, 0.4) is 0 Å². The third-order valence-corrected chi connectivity index (χ3v) is 4.90. The average molecular weight is 411 g/mol. The topological polar surface area (TPSA) is 85.3 Å². The Hall–Kier alpha value is -3.32. The minimum atomic E-state index is -0.758. The predicted octanol–water partition coefficient (Wildman–Crippen LogP) is 3.16. The number of hydrogen-bond acceptors (Lipinski definition) is 6. The van der Waals surface area contributed by atoms with E-state index in [1.165, 1.54) is 12.0 Å². The van der Waals surface area contributed by atoms with Crippen molar-refractivity contribution in [1.82, 2.24) is 4.90 Å². The summed E-state index contributed by atoms with van der Waals surface area (Å²) in [5.41, 5.74) is 1.09. The first-order valence-corrected chi connectivity index (χ1v) is 9.66. The Balaban J connectivity index is 2.15. The van der Waals surface area contributed by atoms with E-state index in [0.717, 1.165) is 0 Å². The Morgan fingerprint density at radius 2 is 1.80 bits per heavy atom. The fourth-order valence-corrected chi connectivity index (χ4v) is 3.51. The first kappa shape index (κ1) is 21.4. The first-order valence-electron chi connectivity index (χ1n) is 9.66. The van der Waals surface area contributed by atoms with E-state index >= 15 is 0 Å². The number of carbonyl (C=O) groups is 2. The van der Waals surface area contributed by atoms with Crippen molar-refractivity contribution in [1.29, 1.82) is 0 Å². The fourth-order valence-electron chi connectivity index (χ4n) is 3.51. The van der Waals surface area contributed by atoms with Crippen LogP contribution in [-0.4, -0.2) is 55.7 Å². The van der Waals surface area contributed by atoms with Gasteiger partial charge in [0.15, 0.2) is 0 Å². The summed E-state index contributed by atoms with van der Waals surface area (Å²) in [5, 5.41) is 11.1. The van der Waals surface area contributed by atoms with E-state index < -0.39 is 17.7 Å². The fraction of sp³-hybridized carbons (Fsp3) is 0.304. The van der Waals surface area contributed by atoms with Crippen LogP contribution in [0.5, 0.6) is 11.5 Å². The molecular weight excluding hydrogens is 386 g/mol. The Morgan fingerprint density at radius 1 is 1.07 bits per heavy atom. The lowest BCUT2D eigenvalue weighted by atomic mass is 9.95. The molecule has 0 aromatic heterocycles. The number of ether oxygens (including phenoxy) is 3. The Kier molecular flexibility index (Phi) is 6.74. The molecule has 1 fully saturated rings. The average Bonchev–Trinajstić information content (AvgIpc) is 3.02. The van der Waals surface area contributed by atoms with Gasteiger partial charge in [0.2, 0.25) is 0 Å². The number of hydrogen-bond donors (Lipinski definition) is 1. The molecule has 0 spiro atoms. The summed E-state index contributed by atoms with van der Waals surface area (Å²) in [4.78, 5) is 27.1. The normalized spacial score (nSPS) is 18.0. The van der Waals surface area contributed by atoms with Gasteiger partial charge >= 0.3 is 0 Å². The molecule has 0 aliphatic carbocycles. The molecule has 30 heavy (non-hydrogen) atoms. The van der Waals surface area contributed by atoms with Crippen LogP contribution in [0, 0.1) is 0 Å². The number of aliphatic hydroxyl groups is 1. The first-order chi connectivity index (χ1) is 14.5. The molecule has 158 valence electrons. The van der Waals surface area contributed by atoms with E-state index in [0.29, 0.717) is 29.2 Å². The van der Waals surface area contributed by atoms with Crippen molar-refractivity contribution in [3.8, 4) is 11.5 Å². The molecule has 1 aliphatic rings. The van der Waals surface area contributed by atoms with Crippen molar-refractivity contribution in [2.75, 3.05) is 34.0 Å². The Labute approximate surface area is 175 Å². The molecule has 2 aromatic rings. The van der Waals surface area contributed by atoms with Crippen LogP contribution in [0.4, 0.5) is 0 Å². The van der Waals surface area contributed by atoms with E-state index in [-0.39, 0.29) is 24.5 Å². The lowest BCUT2D eigenvalue weighted by Gasteiger charge is -2.25. The van der Waals surface area contributed by atoms with Crippen LogP contribution in [0.15, 0.2) is 54.1 Å². The van der Waals surface area contributed by atoms with E-state index in [9.17, 15) is 14.7 Å². The zero-order valence-electron chi connectivity index (χ0n) is 17.3. The van der Waals surface area contributed by atoms with Crippen LogP contribution in [0.2, 0.25) is 0 Å². The van der Waals surface area contributed by atoms with Crippen LogP contribution in [-0.2, 0) is 14.3 Å². The SMILES string of the molecule is CCOc1cccc(C(O)=C2C(=O)C(=O)N(CCOC)C2c2cccc(OC)c2)c1. The largest absolute Gasteiger partial charge is 0.507 e. The summed E-state index contributed by atoms with van der Waals surface area (Å²) < 4.78 is 15.9. The molecule has 2 aromatic carbocycles. The molecule has 1 saturated heterocycles. The quantitative estimate of drug-likeness (QED) is 0.408. The highest BCUT2D eigenvalue weighted by Crippen LogP contribution is 2.40. The molecule has 7 heteroatoms. The maximum atomic E-state index is 12.9. The third kappa shape index (κ3) is 4.16. The Morgan fingerprint density at radius 3 is 2.50 bits per heavy atom. The van der Waals surface area contributed by atoms with E-state index in [4.69, 9.17) is 14.2 Å². The van der Waals surface area contributed by atoms with Crippen LogP contribution < -0.4 is 9.47 Å². The molecule has 7 nitrogen and oxygen atoms in total. The summed E-state index contributed by atoms with van der Waals surface area (Å²) >= 11 is 0. The van der Waals surface area contributed by atoms with Gasteiger partial charge in [0.05, 0.1) is 31.9 Å². The van der Waals surface area contributed by atoms with Gasteiger partial charge in [-0.25, -0.2) is 0 Å². The molecule has 1 aliphatic heterocycles. The number of ketones is 1. The second-order valence-electron chi connectivity index (χ2n) is 6.72. The lowest BCUT2D eigenvalue weighted by Crippen LogP contribution is -2.32. The molecule has 0 bridgehead atoms. The number of nitrogens with zero attached hydrogens (tertiary/aromatic N) is 1. The molecule has 1 atom stereocenters. The van der Waals surface area contributed by atoms with Crippen molar-refractivity contribution < 1.29 is 28.9 Å². The highest BCUT2D eigenvalue weighted by Gasteiger charge is 2.46. The van der Waals surface area contributed by atoms with Gasteiger partial charge in [-0.1, -0.05) is 24.3 Å². The van der Waals surface area contributed by atoms with Crippen molar-refractivity contribution in [2.24, 2.45) is 0 Å². The monoisotopic (exact) mass is 411 g/mol. The second kappa shape index (κ2) is 9.45. The van der Waals surface area contributed by atoms with Crippen molar-refractivity contribution in [3.05, 3.63) is 65.2 Å². The molecule has 1 N–H and O–H groups in total. The van der Waals surface area contributed by atoms with Crippen LogP contribution in [0.25, 0.3) is 5.76 Å². The smallest absolute Gasteiger partial charge is 0.295 e. The predicted molar refractivity (Wildman–Crippen MR) is 111 cm³/mol. The number of amides is 1. The summed E-state index contributed by atoms with van der Waals surface area (Å²) in [6, 6.07) is 13.1. The molecule has 1 unspecified atom stereocenters. The summed E-state index contributed by atoms with van der Waals surface area (Å²) in [6.07, 6.45) is 0. The minimum Gasteiger partial charge on any atom is -0.507 e. The van der Waals surface area contributed by atoms with Gasteiger partial charge in [-0.05, 0) is 36.8 Å². The Bertz CT molecular complexity index is 968. The van der Waals surface area contributed by atoms with Crippen LogP contribution in [0.1, 0.15) is 24.1 Å². The van der Waals surface area contributed by atoms with Crippen molar-refractivity contribution >= 4 is 17.4 Å². The van der Waals surface area contributed by atoms with Crippen LogP contribution >= 0.6 is 0 Å². The van der Waals surface area contributed by atoms with E-state index in [1.807, 2.05) is 6.92 Å². The molecule has 1 heterocycles. The lowest BCUT2D eigenvalue weighted by molar-refractivity contribution is -0.140. The number of methoxy groups -OCH3 is 2. The maximum Gasteiger partial charge on any atom is 0.295 e. The molecule has 0 radical (unpaired) electrons. The number of likely N-dealkylation sites (tertiary alicyclic amines) is 1. The second-order valence-corrected chi connectivity index (χ2v) is 6.72. The summed E-state index contributed by atoms with van der Waals surface area (Å²) in [6.45, 7) is 2.79. The van der Waals surface area contributed by atoms with Crippen molar-refractivity contribution in [3.63, 3.8) is 0 Å². The number of carbonyl (C=O) groups excluding carboxylic acids is 2. The van der Waals surface area contributed by atoms with Gasteiger partial charge in [-0.2, -0.15) is 0 Å². The van der Waals surface area contributed by atoms with Gasteiger partial charge < -0.3 is 24.2 Å². The van der Waals surface area contributed by atoms with Crippen molar-refractivity contribution in [2.45, 2.75) is 13.0 Å². The number of aliphatic hydroxyl groups excluding tert-OH is 1. The standard InChI is InChI=1S/C23H25NO6/c1-4-30-18-10-6-8-16(14-18)21(25)19-20(15-7-5-9-17(13-15)29-3)24(11-12-28-2)23(27)22(19)26/h5-10,13-14,20,25H,4,11-12H2,1-3H3.